The fraction of sp³-hybridized carbons (Fsp3) is 0.727. The highest BCUT2D eigenvalue weighted by Gasteiger charge is 2.35. The molecule has 2 aliphatic rings. The molecular weight excluding hydrogens is 460 g/mol. The zero-order valence-electron chi connectivity index (χ0n) is 19.4. The molecule has 1 saturated heterocycles. The highest BCUT2D eigenvalue weighted by Crippen LogP contribution is 2.33. The Hall–Kier alpha value is -1.53. The second-order valence-electron chi connectivity index (χ2n) is 9.23. The number of carbonyl (C=O) groups excluding carboxylic acids is 1. The summed E-state index contributed by atoms with van der Waals surface area (Å²) in [4.78, 5) is 19.3. The molecule has 0 atom stereocenters. The number of aromatic nitrogens is 4. The zero-order valence-corrected chi connectivity index (χ0v) is 21.0. The van der Waals surface area contributed by atoms with Crippen LogP contribution in [-0.4, -0.2) is 81.5 Å². The van der Waals surface area contributed by atoms with Crippen LogP contribution in [0.1, 0.15) is 56.0 Å². The highest BCUT2D eigenvalue weighted by molar-refractivity contribution is 8.01. The van der Waals surface area contributed by atoms with Crippen molar-refractivity contribution in [1.82, 2.24) is 30.2 Å². The molecule has 11 heteroatoms. The first kappa shape index (κ1) is 24.6. The van der Waals surface area contributed by atoms with Gasteiger partial charge in [0.1, 0.15) is 15.6 Å². The number of nitrogens with one attached hydrogen (secondary N) is 1. The van der Waals surface area contributed by atoms with Crippen LogP contribution in [0.4, 0.5) is 0 Å². The van der Waals surface area contributed by atoms with Gasteiger partial charge in [0.05, 0.1) is 24.4 Å². The molecule has 2 aromatic rings. The lowest BCUT2D eigenvalue weighted by molar-refractivity contribution is -0.121. The first-order valence-electron chi connectivity index (χ1n) is 11.6. The van der Waals surface area contributed by atoms with Crippen molar-refractivity contribution in [2.45, 2.75) is 67.0 Å². The molecule has 0 aromatic carbocycles. The maximum absolute atomic E-state index is 12.5. The van der Waals surface area contributed by atoms with Gasteiger partial charge in [-0.1, -0.05) is 17.0 Å². The smallest absolute Gasteiger partial charge is 0.226 e. The minimum Gasteiger partial charge on any atom is -0.383 e. The summed E-state index contributed by atoms with van der Waals surface area (Å²) in [7, 11) is 4.12. The van der Waals surface area contributed by atoms with E-state index in [2.05, 4.69) is 39.6 Å². The second kappa shape index (κ2) is 11.3. The molecule has 182 valence electrons. The van der Waals surface area contributed by atoms with Crippen LogP contribution in [0, 0.1) is 0 Å². The molecule has 4 rings (SSSR count). The number of amides is 1. The van der Waals surface area contributed by atoms with E-state index in [9.17, 15) is 9.90 Å². The van der Waals surface area contributed by atoms with E-state index in [4.69, 9.17) is 4.74 Å². The van der Waals surface area contributed by atoms with Gasteiger partial charge in [-0.05, 0) is 39.8 Å². The molecule has 1 aliphatic heterocycles. The highest BCUT2D eigenvalue weighted by atomic mass is 32.2. The summed E-state index contributed by atoms with van der Waals surface area (Å²) >= 11 is 3.35. The molecule has 2 fully saturated rings. The minimum atomic E-state index is -0.928. The van der Waals surface area contributed by atoms with E-state index in [1.54, 1.807) is 23.1 Å². The predicted molar refractivity (Wildman–Crippen MR) is 129 cm³/mol. The van der Waals surface area contributed by atoms with Crippen LogP contribution < -0.4 is 5.32 Å². The molecule has 0 spiro atoms. The van der Waals surface area contributed by atoms with Crippen molar-refractivity contribution in [1.29, 1.82) is 0 Å². The van der Waals surface area contributed by atoms with Gasteiger partial charge in [0.25, 0.3) is 0 Å². The first-order valence-corrected chi connectivity index (χ1v) is 13.5. The molecule has 9 nitrogen and oxygen atoms in total. The largest absolute Gasteiger partial charge is 0.383 e. The van der Waals surface area contributed by atoms with Gasteiger partial charge in [-0.3, -0.25) is 4.79 Å². The van der Waals surface area contributed by atoms with E-state index in [1.165, 1.54) is 0 Å². The van der Waals surface area contributed by atoms with Gasteiger partial charge >= 0.3 is 0 Å². The standard InChI is InChI=1S/C22H34N6O3S2/c1-27(2)9-12-32-21-24-17(15-33-21)13-20(29)23-16-3-5-18(6-4-16)28-14-19(25-26-28)22(30)7-10-31-11-8-22/h14-16,18,30H,3-13H2,1-2H3,(H,23,29). The van der Waals surface area contributed by atoms with E-state index in [0.717, 1.165) is 48.0 Å². The van der Waals surface area contributed by atoms with Gasteiger partial charge in [0, 0.05) is 49.8 Å². The molecule has 1 amide bonds. The summed E-state index contributed by atoms with van der Waals surface area (Å²) in [5.74, 6) is 1.04. The van der Waals surface area contributed by atoms with Crippen LogP contribution >= 0.6 is 23.1 Å². The summed E-state index contributed by atoms with van der Waals surface area (Å²) in [5.41, 5.74) is 0.561. The normalized spacial score (nSPS) is 23.0. The van der Waals surface area contributed by atoms with Crippen molar-refractivity contribution in [3.8, 4) is 0 Å². The molecule has 1 aliphatic carbocycles. The van der Waals surface area contributed by atoms with E-state index in [-0.39, 0.29) is 18.0 Å². The Morgan fingerprint density at radius 3 is 2.82 bits per heavy atom. The Balaban J connectivity index is 1.20. The number of thioether (sulfide) groups is 1. The molecule has 2 aromatic heterocycles. The van der Waals surface area contributed by atoms with Gasteiger partial charge in [-0.25, -0.2) is 9.67 Å². The van der Waals surface area contributed by atoms with E-state index >= 15 is 0 Å². The number of hydrogen-bond donors (Lipinski definition) is 2. The third-order valence-electron chi connectivity index (χ3n) is 6.38. The van der Waals surface area contributed by atoms with Crippen LogP contribution in [-0.2, 0) is 21.6 Å². The molecule has 33 heavy (non-hydrogen) atoms. The summed E-state index contributed by atoms with van der Waals surface area (Å²) in [5, 5.41) is 24.6. The lowest BCUT2D eigenvalue weighted by atomic mass is 9.90. The van der Waals surface area contributed by atoms with Crippen LogP contribution in [0.5, 0.6) is 0 Å². The van der Waals surface area contributed by atoms with E-state index in [0.29, 0.717) is 38.2 Å². The lowest BCUT2D eigenvalue weighted by Crippen LogP contribution is -2.38. The van der Waals surface area contributed by atoms with E-state index < -0.39 is 5.60 Å². The number of rotatable bonds is 9. The van der Waals surface area contributed by atoms with Gasteiger partial charge in [-0.15, -0.1) is 16.4 Å². The van der Waals surface area contributed by atoms with Gasteiger partial charge in [0.2, 0.25) is 5.91 Å². The van der Waals surface area contributed by atoms with Gasteiger partial charge in [0.15, 0.2) is 0 Å². The number of ether oxygens (including phenoxy) is 1. The Labute approximate surface area is 203 Å². The molecule has 3 heterocycles. The summed E-state index contributed by atoms with van der Waals surface area (Å²) in [6, 6.07) is 0.437. The first-order chi connectivity index (χ1) is 15.9. The maximum Gasteiger partial charge on any atom is 0.226 e. The minimum absolute atomic E-state index is 0.0402. The predicted octanol–water partition coefficient (Wildman–Crippen LogP) is 2.23. The Bertz CT molecular complexity index is 904. The Kier molecular flexibility index (Phi) is 8.39. The summed E-state index contributed by atoms with van der Waals surface area (Å²) < 4.78 is 8.28. The van der Waals surface area contributed by atoms with Crippen molar-refractivity contribution in [3.05, 3.63) is 23.0 Å². The van der Waals surface area contributed by atoms with Crippen molar-refractivity contribution in [3.63, 3.8) is 0 Å². The van der Waals surface area contributed by atoms with Crippen molar-refractivity contribution >= 4 is 29.0 Å². The average Bonchev–Trinajstić information content (AvgIpc) is 3.45. The topological polar surface area (TPSA) is 105 Å². The summed E-state index contributed by atoms with van der Waals surface area (Å²) in [6.07, 6.45) is 7.01. The van der Waals surface area contributed by atoms with Crippen molar-refractivity contribution in [2.24, 2.45) is 0 Å². The fourth-order valence-corrected chi connectivity index (χ4v) is 6.34. The molecule has 0 radical (unpaired) electrons. The summed E-state index contributed by atoms with van der Waals surface area (Å²) in [6.45, 7) is 2.10. The zero-order chi connectivity index (χ0) is 23.3. The molecule has 0 bridgehead atoms. The third kappa shape index (κ3) is 6.75. The van der Waals surface area contributed by atoms with Gasteiger partial charge < -0.3 is 20.1 Å². The Morgan fingerprint density at radius 1 is 1.33 bits per heavy atom. The Morgan fingerprint density at radius 2 is 2.09 bits per heavy atom. The van der Waals surface area contributed by atoms with Crippen molar-refractivity contribution < 1.29 is 14.6 Å². The maximum atomic E-state index is 12.5. The second-order valence-corrected chi connectivity index (χ2v) is 11.4. The number of thiazole rings is 1. The third-order valence-corrected chi connectivity index (χ3v) is 8.43. The van der Waals surface area contributed by atoms with Crippen molar-refractivity contribution in [2.75, 3.05) is 39.6 Å². The monoisotopic (exact) mass is 494 g/mol. The van der Waals surface area contributed by atoms with Gasteiger partial charge in [-0.2, -0.15) is 0 Å². The van der Waals surface area contributed by atoms with E-state index in [1.807, 2.05) is 16.3 Å². The van der Waals surface area contributed by atoms with Crippen LogP contribution in [0.15, 0.2) is 15.9 Å². The quantitative estimate of drug-likeness (QED) is 0.512. The number of carbonyl (C=O) groups is 1. The molecule has 1 saturated carbocycles. The molecule has 2 N–H and O–H groups in total. The number of nitrogens with zero attached hydrogens (tertiary/aromatic N) is 5. The SMILES string of the molecule is CN(C)CCSc1nc(CC(=O)NC2CCC(n3cc(C4(O)CCOCC4)nn3)CC2)cs1. The lowest BCUT2D eigenvalue weighted by Gasteiger charge is -2.30. The number of hydrogen-bond acceptors (Lipinski definition) is 9. The number of aliphatic hydroxyl groups is 1. The average molecular weight is 495 g/mol. The molecule has 0 unspecified atom stereocenters. The van der Waals surface area contributed by atoms with Crippen LogP contribution in [0.2, 0.25) is 0 Å². The van der Waals surface area contributed by atoms with Crippen LogP contribution in [0.3, 0.4) is 0 Å². The fourth-order valence-electron chi connectivity index (χ4n) is 4.31. The molecular formula is C22H34N6O3S2. The van der Waals surface area contributed by atoms with Crippen LogP contribution in [0.25, 0.3) is 0 Å².